The van der Waals surface area contributed by atoms with Gasteiger partial charge in [0.1, 0.15) is 0 Å². The van der Waals surface area contributed by atoms with Gasteiger partial charge in [0.05, 0.1) is 10.8 Å². The molecule has 0 aliphatic heterocycles. The third-order valence-electron chi connectivity index (χ3n) is 42.9. The molecule has 0 spiro atoms. The number of unbranched alkanes of at least 4 members (excludes halogenated alkanes) is 2. The van der Waals surface area contributed by atoms with Crippen LogP contribution in [0.15, 0.2) is 0 Å². The van der Waals surface area contributed by atoms with Crippen LogP contribution >= 0.6 is 0 Å². The fourth-order valence-corrected chi connectivity index (χ4v) is 36.3. The van der Waals surface area contributed by atoms with Gasteiger partial charge < -0.3 is 39.9 Å². The molecule has 20 saturated carbocycles. The Morgan fingerprint density at radius 3 is 0.438 bits per heavy atom. The van der Waals surface area contributed by atoms with Crippen LogP contribution in [0.3, 0.4) is 0 Å². The molecule has 0 saturated heterocycles. The topological polar surface area (TPSA) is 74.6 Å². The smallest absolute Gasteiger partial charge is 0.481 e. The number of carboxylic acids is 2. The van der Waals surface area contributed by atoms with Crippen LogP contribution < -0.4 is 0 Å². The van der Waals surface area contributed by atoms with E-state index in [-0.39, 0.29) is 82.1 Å². The van der Waals surface area contributed by atoms with Gasteiger partial charge in [-0.2, -0.15) is 0 Å². The maximum absolute atomic E-state index is 10.0. The van der Waals surface area contributed by atoms with E-state index in [0.29, 0.717) is 0 Å². The number of hydrogen-bond donors (Lipinski definition) is 2. The van der Waals surface area contributed by atoms with Crippen LogP contribution in [0.25, 0.3) is 0 Å². The number of carbonyl (C=O) groups is 2. The minimum absolute atomic E-state index is 0. The summed E-state index contributed by atoms with van der Waals surface area (Å²) >= 11 is 0. The Kier molecular flexibility index (Phi) is 64.1. The standard InChI is InChI=1S/C28H50.4C20H34.2C5H10O2.3C3H8.4CH3.2Zr/c1-3-5-11-21-19-23(27-15-9-7-13-25(21)27)17-18-24-20-22(12-6-4-2)26-14-8-10-16-28(24)26;4*1-3-7-19-15(5-1)9-11-17(19)13-14-18-12-10-16-6-2-4-8-20(16)18;2*1-5(2,3)4(6)7;3*1-3-2;;;;;;/h21-28H,3-20H2,1-2H3;4*15-20H,1-14H2;2*1-3H3,(H,6,7);3*3H2,1-2H3;4*1H3;;/q;;;;;;;;;;4*-1;2*+2. The zero-order valence-corrected chi connectivity index (χ0v) is 101. The molecule has 20 rings (SSSR count). The Labute approximate surface area is 898 Å². The van der Waals surface area contributed by atoms with Gasteiger partial charge in [-0.1, -0.05) is 293 Å². The van der Waals surface area contributed by atoms with Gasteiger partial charge >= 0.3 is 64.3 Å². The molecule has 4 nitrogen and oxygen atoms in total. The van der Waals surface area contributed by atoms with Gasteiger partial charge in [-0.3, -0.25) is 9.59 Å². The third kappa shape index (κ3) is 39.2. The SMILES string of the molecule is C1CCC2C(C1)CCC2CCC1CCC2CCCCC21.C1CCC2C(C1)CCC2CCC1CCC2CCCCC21.C1CCC2C(C1)CCC2CCC1CCC2CCCCC21.C1CCC2C(C1)CCC2CCC1CCC2CCCCC21.CC(C)(C)C(=O)O.CC(C)(C)C(=O)O.CCC.CCC.CCC.CCCCC1CC(CCC2CC(CCCC)C3CCCCC23)C2CCCCC12.[CH3-].[CH3-].[CH3-].[CH3-].[Zr+2].[Zr+2]. The molecule has 137 heavy (non-hydrogen) atoms. The largest absolute Gasteiger partial charge is 2.00 e. The summed E-state index contributed by atoms with van der Waals surface area (Å²) in [5, 5.41) is 16.5. The summed E-state index contributed by atoms with van der Waals surface area (Å²) in [6.07, 6.45) is 120. The van der Waals surface area contributed by atoms with E-state index in [1.165, 1.54) is 44.9 Å². The van der Waals surface area contributed by atoms with Gasteiger partial charge in [0.25, 0.3) is 0 Å². The first-order valence-electron chi connectivity index (χ1n) is 62.1. The maximum atomic E-state index is 10.0. The molecule has 798 valence electrons. The number of carboxylic acid groups (broad SMARTS) is 2. The molecule has 2 N–H and O–H groups in total. The normalized spacial score (nSPS) is 38.4. The Morgan fingerprint density at radius 2 is 0.307 bits per heavy atom. The third-order valence-corrected chi connectivity index (χ3v) is 42.9. The van der Waals surface area contributed by atoms with Crippen LogP contribution in [-0.4, -0.2) is 22.2 Å². The second-order valence-electron chi connectivity index (χ2n) is 53.5. The van der Waals surface area contributed by atoms with E-state index >= 15 is 0 Å². The average Bonchev–Trinajstić information content (AvgIpc) is 1.63. The van der Waals surface area contributed by atoms with Crippen LogP contribution in [0.2, 0.25) is 0 Å². The molecule has 32 unspecified atom stereocenters. The van der Waals surface area contributed by atoms with Gasteiger partial charge in [0.15, 0.2) is 0 Å². The predicted molar refractivity (Wildman–Crippen MR) is 592 cm³/mol. The quantitative estimate of drug-likeness (QED) is 0.112. The average molecular weight is 2060 g/mol. The fraction of sp³-hybridized carbons (Fsp3) is 0.954. The Morgan fingerprint density at radius 1 is 0.190 bits per heavy atom. The summed E-state index contributed by atoms with van der Waals surface area (Å²) in [7, 11) is 0. The molecule has 32 atom stereocenters. The molecule has 6 heteroatoms. The summed E-state index contributed by atoms with van der Waals surface area (Å²) in [6, 6.07) is 0. The Balaban J connectivity index is 0.000000284. The van der Waals surface area contributed by atoms with Gasteiger partial charge in [-0.15, -0.1) is 0 Å². The second kappa shape index (κ2) is 68.5. The van der Waals surface area contributed by atoms with Crippen molar-refractivity contribution in [1.82, 2.24) is 0 Å². The molecule has 0 heterocycles. The van der Waals surface area contributed by atoms with Gasteiger partial charge in [0, 0.05) is 0 Å². The van der Waals surface area contributed by atoms with Crippen molar-refractivity contribution in [2.45, 2.75) is 591 Å². The van der Waals surface area contributed by atoms with E-state index in [2.05, 4.69) is 55.4 Å². The second-order valence-corrected chi connectivity index (χ2v) is 53.5. The van der Waals surface area contributed by atoms with Crippen molar-refractivity contribution in [3.63, 3.8) is 0 Å². The molecule has 0 radical (unpaired) electrons. The van der Waals surface area contributed by atoms with Crippen LogP contribution in [0.5, 0.6) is 0 Å². The van der Waals surface area contributed by atoms with E-state index < -0.39 is 22.8 Å². The predicted octanol–water partition coefficient (Wildman–Crippen LogP) is 42.1. The molecule has 0 aromatic carbocycles. The van der Waals surface area contributed by atoms with Crippen molar-refractivity contribution in [3.8, 4) is 0 Å². The molecule has 20 aliphatic rings. The number of aliphatic carboxylic acids is 2. The molecule has 0 aromatic rings. The van der Waals surface area contributed by atoms with Crippen molar-refractivity contribution in [3.05, 3.63) is 29.7 Å². The summed E-state index contributed by atoms with van der Waals surface area (Å²) in [4.78, 5) is 20.0. The Hall–Kier alpha value is 0.706. The van der Waals surface area contributed by atoms with Crippen LogP contribution in [0, 0.1) is 230 Å². The van der Waals surface area contributed by atoms with Gasteiger partial charge in [-0.05, 0) is 488 Å². The number of fused-ring (bicyclic) bond motifs is 10. The minimum atomic E-state index is -0.757. The van der Waals surface area contributed by atoms with E-state index in [9.17, 15) is 9.59 Å². The summed E-state index contributed by atoms with van der Waals surface area (Å²) in [6.45, 7) is 27.5. The number of rotatable bonds is 21. The molecular weight excluding hydrogens is 1820 g/mol. The Bertz CT molecular complexity index is 2560. The first-order valence-corrected chi connectivity index (χ1v) is 62.1. The van der Waals surface area contributed by atoms with Crippen molar-refractivity contribution in [2.24, 2.45) is 200 Å². The first kappa shape index (κ1) is 128. The summed E-state index contributed by atoms with van der Waals surface area (Å²) in [5.41, 5.74) is -1.17. The summed E-state index contributed by atoms with van der Waals surface area (Å²) in [5.74, 6) is 35.1. The van der Waals surface area contributed by atoms with E-state index in [1.807, 2.05) is 0 Å². The van der Waals surface area contributed by atoms with Gasteiger partial charge in [0.2, 0.25) is 0 Å². The molecule has 0 amide bonds. The van der Waals surface area contributed by atoms with Gasteiger partial charge in [-0.25, -0.2) is 0 Å². The van der Waals surface area contributed by atoms with Crippen molar-refractivity contribution >= 4 is 11.9 Å². The van der Waals surface area contributed by atoms with Crippen molar-refractivity contribution in [2.75, 3.05) is 0 Å². The maximum Gasteiger partial charge on any atom is 2.00 e. The van der Waals surface area contributed by atoms with Crippen molar-refractivity contribution in [1.29, 1.82) is 0 Å². The monoisotopic (exact) mass is 2060 g/mol. The molecule has 20 aliphatic carbocycles. The molecule has 0 aromatic heterocycles. The molecule has 20 fully saturated rings. The minimum Gasteiger partial charge on any atom is -0.481 e. The molecular formula is C131H242O4Zr2. The van der Waals surface area contributed by atoms with E-state index in [4.69, 9.17) is 10.2 Å². The number of hydrogen-bond acceptors (Lipinski definition) is 2. The first-order chi connectivity index (χ1) is 63.6. The summed E-state index contributed by atoms with van der Waals surface area (Å²) < 4.78 is 0. The zero-order valence-electron chi connectivity index (χ0n) is 95.6. The van der Waals surface area contributed by atoms with Crippen LogP contribution in [0.4, 0.5) is 0 Å². The molecule has 0 bridgehead atoms. The van der Waals surface area contributed by atoms with Crippen LogP contribution in [0.1, 0.15) is 591 Å². The van der Waals surface area contributed by atoms with Crippen molar-refractivity contribution < 1.29 is 72.2 Å². The van der Waals surface area contributed by atoms with Crippen LogP contribution in [-0.2, 0) is 62.0 Å². The zero-order chi connectivity index (χ0) is 93.1. The van der Waals surface area contributed by atoms with E-state index in [0.717, 1.165) is 189 Å². The fourth-order valence-electron chi connectivity index (χ4n) is 36.3. The van der Waals surface area contributed by atoms with E-state index in [1.54, 1.807) is 491 Å².